The molecule has 15 heteroatoms. The van der Waals surface area contributed by atoms with Gasteiger partial charge < -0.3 is 29.7 Å². The number of aromatic nitrogens is 8. The molecule has 7 aromatic rings. The molecule has 1 atom stereocenters. The van der Waals surface area contributed by atoms with Crippen molar-refractivity contribution in [3.63, 3.8) is 0 Å². The maximum absolute atomic E-state index is 12.9. The second kappa shape index (κ2) is 44.3. The third-order valence-electron chi connectivity index (χ3n) is 13.4. The van der Waals surface area contributed by atoms with Crippen LogP contribution in [0, 0.1) is 11.3 Å². The number of hydrogen-bond donors (Lipinski definition) is 2. The molecule has 1 unspecified atom stereocenters. The van der Waals surface area contributed by atoms with Gasteiger partial charge in [0.2, 0.25) is 11.8 Å². The van der Waals surface area contributed by atoms with Crippen molar-refractivity contribution >= 4 is 17.3 Å². The second-order valence-corrected chi connectivity index (χ2v) is 27.2. The van der Waals surface area contributed by atoms with Gasteiger partial charge in [-0.2, -0.15) is 0 Å². The highest BCUT2D eigenvalue weighted by atomic mass is 19.1. The van der Waals surface area contributed by atoms with Crippen molar-refractivity contribution in [1.82, 2.24) is 39.9 Å². The number of benzene rings is 1. The molecule has 14 nitrogen and oxygen atoms in total. The van der Waals surface area contributed by atoms with Gasteiger partial charge in [-0.15, -0.1) is 0 Å². The topological polar surface area (TPSA) is 158 Å². The first kappa shape index (κ1) is 82.7. The lowest BCUT2D eigenvalue weighted by Crippen LogP contribution is -2.22. The number of anilines is 3. The lowest BCUT2D eigenvalue weighted by atomic mass is 9.99. The summed E-state index contributed by atoms with van der Waals surface area (Å²) in [5.41, 5.74) is 9.88. The number of ether oxygens (including phenoxy) is 3. The molecule has 0 fully saturated rings. The molecular weight excluding hydrogens is 1150 g/mol. The highest BCUT2D eigenvalue weighted by molar-refractivity contribution is 5.42. The zero-order valence-corrected chi connectivity index (χ0v) is 61.9. The van der Waals surface area contributed by atoms with E-state index in [1.54, 1.807) is 45.0 Å². The standard InChI is InChI=1S/C12H20N2O.C12H20N2.C11H15F.C11H18N2O.2C11H18N2.C9H13NO/c1-9(2)10-6-13-7-11(14-10)15-8-12(3,4)5;1-5-14(6-2)12-8-7-11(9-13-12)10(3)4;1-8(2)10-5-4-6-11(7-10)9(3)12;1-8(2)7-14-11-6-12-5-10(13-11)9(3)4;1-8(2)11-6-5-10(7-12-11)13-9(3)4;1-8(2)10-6-5-7-11(13-10)12-9(3)4;1-7(2)9-5-4-8(11-3)6-10-9/h6-7,9H,8H2,1-5H3;7-10H,5-6H2,1-4H3;4-9H,1-3H3;5-6,8-9H,7H2,1-4H3;5-9,13H,1-4H3;5-9H,1-4H3,(H,12,13);4-7H,1-3H3. The van der Waals surface area contributed by atoms with Gasteiger partial charge in [-0.05, 0) is 160 Å². The lowest BCUT2D eigenvalue weighted by molar-refractivity contribution is 0.190. The lowest BCUT2D eigenvalue weighted by Gasteiger charge is -2.19. The predicted molar refractivity (Wildman–Crippen MR) is 389 cm³/mol. The number of rotatable bonds is 21. The van der Waals surface area contributed by atoms with E-state index in [2.05, 4.69) is 259 Å². The molecule has 6 aromatic heterocycles. The van der Waals surface area contributed by atoms with Crippen LogP contribution >= 0.6 is 0 Å². The second-order valence-electron chi connectivity index (χ2n) is 27.2. The van der Waals surface area contributed by atoms with Gasteiger partial charge in [-0.1, -0.05) is 168 Å². The summed E-state index contributed by atoms with van der Waals surface area (Å²) < 4.78 is 28.9. The summed E-state index contributed by atoms with van der Waals surface area (Å²) in [4.78, 5) is 36.8. The molecular formula is C77H122FN11O3. The van der Waals surface area contributed by atoms with E-state index in [1.165, 1.54) is 11.1 Å². The molecule has 2 N–H and O–H groups in total. The van der Waals surface area contributed by atoms with E-state index in [9.17, 15) is 4.39 Å². The summed E-state index contributed by atoms with van der Waals surface area (Å²) in [6.07, 6.45) is 11.7. The molecule has 0 saturated carbocycles. The normalized spacial score (nSPS) is 11.3. The molecule has 0 aliphatic heterocycles. The zero-order valence-electron chi connectivity index (χ0n) is 61.9. The molecule has 6 heterocycles. The SMILES string of the molecule is CC(C)COc1cncc(C(C)C)n1.CC(C)Nc1ccc(C(C)C)nc1.CC(C)Nc1cccc(C(C)C)n1.CC(C)c1cccc(C(C)F)c1.CC(C)c1cncc(OCC(C)(C)C)n1.CCN(CC)c1ccc(C(C)C)cn1.COc1ccc(C(C)C)nc1. The number of methoxy groups -OCH3 is 1. The van der Waals surface area contributed by atoms with Crippen molar-refractivity contribution in [2.45, 2.75) is 240 Å². The molecule has 92 heavy (non-hydrogen) atoms. The molecule has 0 aliphatic carbocycles. The van der Waals surface area contributed by atoms with Crippen LogP contribution in [0.5, 0.6) is 17.5 Å². The summed E-state index contributed by atoms with van der Waals surface area (Å²) in [5, 5.41) is 6.60. The van der Waals surface area contributed by atoms with Crippen LogP contribution in [-0.4, -0.2) is 85.4 Å². The highest BCUT2D eigenvalue weighted by Gasteiger charge is 2.13. The van der Waals surface area contributed by atoms with E-state index in [-0.39, 0.29) is 5.41 Å². The average Bonchev–Trinajstić information content (AvgIpc) is 2.67. The minimum atomic E-state index is -0.858. The van der Waals surface area contributed by atoms with Crippen molar-refractivity contribution in [3.05, 3.63) is 167 Å². The Labute approximate surface area is 558 Å². The number of nitrogens with one attached hydrogen (secondary N) is 2. The molecule has 0 spiro atoms. The summed E-state index contributed by atoms with van der Waals surface area (Å²) in [6.45, 7) is 58.2. The monoisotopic (exact) mass is 1270 g/mol. The Hall–Kier alpha value is -7.29. The van der Waals surface area contributed by atoms with Crippen molar-refractivity contribution < 1.29 is 18.6 Å². The molecule has 0 saturated heterocycles. The maximum atomic E-state index is 12.9. The number of alkyl halides is 1. The Kier molecular flexibility index (Phi) is 39.8. The number of halogens is 1. The van der Waals surface area contributed by atoms with Gasteiger partial charge in [0, 0.05) is 60.8 Å². The Morgan fingerprint density at radius 3 is 1.36 bits per heavy atom. The van der Waals surface area contributed by atoms with Crippen molar-refractivity contribution in [1.29, 1.82) is 0 Å². The third kappa shape index (κ3) is 36.1. The summed E-state index contributed by atoms with van der Waals surface area (Å²) >= 11 is 0. The van der Waals surface area contributed by atoms with Crippen LogP contribution in [0.1, 0.15) is 273 Å². The maximum Gasteiger partial charge on any atom is 0.232 e. The number of pyridine rings is 4. The smallest absolute Gasteiger partial charge is 0.232 e. The molecule has 0 bridgehead atoms. The fraction of sp³-hybridized carbons (Fsp3) is 0.558. The zero-order chi connectivity index (χ0) is 69.7. The predicted octanol–water partition coefficient (Wildman–Crippen LogP) is 20.8. The van der Waals surface area contributed by atoms with Crippen LogP contribution in [0.4, 0.5) is 21.7 Å². The van der Waals surface area contributed by atoms with E-state index in [0.717, 1.165) is 70.2 Å². The quantitative estimate of drug-likeness (QED) is 0.0700. The van der Waals surface area contributed by atoms with E-state index >= 15 is 0 Å². The van der Waals surface area contributed by atoms with Crippen molar-refractivity contribution in [2.75, 3.05) is 48.9 Å². The van der Waals surface area contributed by atoms with E-state index in [1.807, 2.05) is 60.9 Å². The van der Waals surface area contributed by atoms with Gasteiger partial charge in [-0.25, -0.2) is 24.3 Å². The van der Waals surface area contributed by atoms with E-state index in [4.69, 9.17) is 14.2 Å². The third-order valence-corrected chi connectivity index (χ3v) is 13.4. The van der Waals surface area contributed by atoms with Gasteiger partial charge in [0.15, 0.2) is 0 Å². The minimum absolute atomic E-state index is 0.148. The number of hydrogen-bond acceptors (Lipinski definition) is 14. The summed E-state index contributed by atoms with van der Waals surface area (Å²) in [7, 11) is 1.64. The van der Waals surface area contributed by atoms with Gasteiger partial charge in [-0.3, -0.25) is 19.9 Å². The Morgan fingerprint density at radius 2 is 0.957 bits per heavy atom. The van der Waals surface area contributed by atoms with Crippen LogP contribution in [0.2, 0.25) is 0 Å². The number of nitrogens with zero attached hydrogens (tertiary/aromatic N) is 9. The first-order valence-electron chi connectivity index (χ1n) is 33.5. The van der Waals surface area contributed by atoms with Crippen LogP contribution in [-0.2, 0) is 0 Å². The Morgan fingerprint density at radius 1 is 0.457 bits per heavy atom. The first-order valence-corrected chi connectivity index (χ1v) is 33.5. The summed E-state index contributed by atoms with van der Waals surface area (Å²) in [6, 6.07) is 27.1. The fourth-order valence-corrected chi connectivity index (χ4v) is 7.77. The van der Waals surface area contributed by atoms with Crippen LogP contribution < -0.4 is 29.7 Å². The van der Waals surface area contributed by atoms with Crippen molar-refractivity contribution in [3.8, 4) is 17.5 Å². The van der Waals surface area contributed by atoms with Gasteiger partial charge in [0.1, 0.15) is 23.6 Å². The first-order chi connectivity index (χ1) is 43.2. The van der Waals surface area contributed by atoms with E-state index in [0.29, 0.717) is 84.4 Å². The molecule has 0 amide bonds. The largest absolute Gasteiger partial charge is 0.495 e. The van der Waals surface area contributed by atoms with Crippen LogP contribution in [0.25, 0.3) is 0 Å². The molecule has 0 radical (unpaired) electrons. The van der Waals surface area contributed by atoms with Gasteiger partial charge >= 0.3 is 0 Å². The van der Waals surface area contributed by atoms with Gasteiger partial charge in [0.25, 0.3) is 0 Å². The average molecular weight is 1270 g/mol. The van der Waals surface area contributed by atoms with Crippen LogP contribution in [0.3, 0.4) is 0 Å². The minimum Gasteiger partial charge on any atom is -0.495 e. The fourth-order valence-electron chi connectivity index (χ4n) is 7.77. The molecule has 0 aliphatic rings. The Bertz CT molecular complexity index is 2970. The summed E-state index contributed by atoms with van der Waals surface area (Å²) in [5.74, 6) is 7.94. The molecule has 1 aromatic carbocycles. The Balaban J connectivity index is 0.000000538. The highest BCUT2D eigenvalue weighted by Crippen LogP contribution is 2.24. The molecule has 510 valence electrons. The van der Waals surface area contributed by atoms with Gasteiger partial charge in [0.05, 0.1) is 62.2 Å². The molecule has 7 rings (SSSR count). The van der Waals surface area contributed by atoms with Crippen LogP contribution in [0.15, 0.2) is 122 Å². The van der Waals surface area contributed by atoms with Crippen molar-refractivity contribution in [2.24, 2.45) is 11.3 Å². The van der Waals surface area contributed by atoms with E-state index < -0.39 is 6.17 Å².